The van der Waals surface area contributed by atoms with E-state index in [0.717, 1.165) is 11.8 Å². The van der Waals surface area contributed by atoms with E-state index in [1.54, 1.807) is 6.07 Å². The van der Waals surface area contributed by atoms with E-state index in [0.29, 0.717) is 30.3 Å². The Hall–Kier alpha value is -1.74. The molecule has 0 radical (unpaired) electrons. The van der Waals surface area contributed by atoms with Crippen LogP contribution < -0.4 is 0 Å². The number of fused-ring (bicyclic) bond motifs is 3. The number of benzene rings is 2. The molecule has 13 heteroatoms. The molecule has 0 aromatic heterocycles. The van der Waals surface area contributed by atoms with Crippen molar-refractivity contribution in [3.05, 3.63) is 29.8 Å². The third-order valence-corrected chi connectivity index (χ3v) is 7.59. The second-order valence-corrected chi connectivity index (χ2v) is 11.0. The third kappa shape index (κ3) is 4.44. The van der Waals surface area contributed by atoms with Crippen LogP contribution in [0, 0.1) is 0 Å². The van der Waals surface area contributed by atoms with E-state index in [-0.39, 0.29) is 17.4 Å². The Morgan fingerprint density at radius 3 is 2.26 bits per heavy atom. The van der Waals surface area contributed by atoms with E-state index in [9.17, 15) is 34.7 Å². The lowest BCUT2D eigenvalue weighted by Gasteiger charge is -2.20. The summed E-state index contributed by atoms with van der Waals surface area (Å²) in [6.45, 7) is 5.84. The maximum absolute atomic E-state index is 11.8. The van der Waals surface area contributed by atoms with Gasteiger partial charge < -0.3 is 17.8 Å². The molecule has 2 aromatic rings. The van der Waals surface area contributed by atoms with Crippen LogP contribution in [0.5, 0.6) is 0 Å². The predicted molar refractivity (Wildman–Crippen MR) is 108 cm³/mol. The van der Waals surface area contributed by atoms with Gasteiger partial charge in [0, 0.05) is 30.4 Å². The van der Waals surface area contributed by atoms with Crippen LogP contribution >= 0.6 is 0 Å². The van der Waals surface area contributed by atoms with Crippen molar-refractivity contribution >= 4 is 53.8 Å². The lowest BCUT2D eigenvalue weighted by molar-refractivity contribution is -0.439. The lowest BCUT2D eigenvalue weighted by Crippen LogP contribution is -2.27. The molecule has 31 heavy (non-hydrogen) atoms. The highest BCUT2D eigenvalue weighted by atomic mass is 32.2. The molecular formula is C18H19NO9S3-2. The minimum absolute atomic E-state index is 0.0222. The van der Waals surface area contributed by atoms with Crippen molar-refractivity contribution in [2.45, 2.75) is 42.4 Å². The van der Waals surface area contributed by atoms with Gasteiger partial charge in [0.2, 0.25) is 5.69 Å². The number of hydrogen-bond donors (Lipinski definition) is 0. The monoisotopic (exact) mass is 489 g/mol. The zero-order chi connectivity index (χ0) is 23.4. The molecule has 1 aliphatic rings. The Balaban J connectivity index is 2.27. The van der Waals surface area contributed by atoms with E-state index >= 15 is 0 Å². The van der Waals surface area contributed by atoms with Crippen molar-refractivity contribution < 1.29 is 43.5 Å². The first-order chi connectivity index (χ1) is 14.2. The molecule has 1 atom stereocenters. The second-order valence-electron chi connectivity index (χ2n) is 7.63. The van der Waals surface area contributed by atoms with Gasteiger partial charge in [0.25, 0.3) is 0 Å². The molecule has 0 N–H and O–H groups in total. The summed E-state index contributed by atoms with van der Waals surface area (Å²) in [7, 11) is -10.1. The van der Waals surface area contributed by atoms with Gasteiger partial charge in [0.05, 0.1) is 33.2 Å². The fourth-order valence-electron chi connectivity index (χ4n) is 3.93. The van der Waals surface area contributed by atoms with Crippen LogP contribution in [-0.2, 0) is 41.2 Å². The topological polar surface area (TPSA) is 167 Å². The van der Waals surface area contributed by atoms with Gasteiger partial charge in [-0.3, -0.25) is 0 Å². The largest absolute Gasteiger partial charge is 0.750 e. The summed E-state index contributed by atoms with van der Waals surface area (Å²) in [6, 6.07) is 4.69. The highest BCUT2D eigenvalue weighted by Gasteiger charge is 2.44. The minimum Gasteiger partial charge on any atom is -0.750 e. The summed E-state index contributed by atoms with van der Waals surface area (Å²) >= 11 is -2.63. The highest BCUT2D eigenvalue weighted by molar-refractivity contribution is 7.86. The molecule has 1 heterocycles. The van der Waals surface area contributed by atoms with Crippen molar-refractivity contribution in [2.24, 2.45) is 0 Å². The fraction of sp³-hybridized carbons (Fsp3) is 0.389. The third-order valence-electron chi connectivity index (χ3n) is 5.54. The van der Waals surface area contributed by atoms with Crippen molar-refractivity contribution in [1.82, 2.24) is 0 Å². The minimum atomic E-state index is -5.07. The van der Waals surface area contributed by atoms with Gasteiger partial charge in [0.1, 0.15) is 20.2 Å². The van der Waals surface area contributed by atoms with Crippen molar-refractivity contribution in [2.75, 3.05) is 13.2 Å². The van der Waals surface area contributed by atoms with Crippen LogP contribution in [0.2, 0.25) is 0 Å². The maximum atomic E-state index is 11.8. The van der Waals surface area contributed by atoms with Crippen molar-refractivity contribution in [3.8, 4) is 0 Å². The zero-order valence-corrected chi connectivity index (χ0v) is 19.2. The van der Waals surface area contributed by atoms with Gasteiger partial charge in [0.15, 0.2) is 12.3 Å². The van der Waals surface area contributed by atoms with Crippen molar-refractivity contribution in [3.63, 3.8) is 0 Å². The van der Waals surface area contributed by atoms with E-state index in [1.807, 2.05) is 25.3 Å². The summed E-state index contributed by atoms with van der Waals surface area (Å²) in [5.74, 6) is 0. The highest BCUT2D eigenvalue weighted by Crippen LogP contribution is 2.45. The Bertz CT molecular complexity index is 1340. The van der Waals surface area contributed by atoms with Crippen LogP contribution in [0.15, 0.2) is 34.1 Å². The molecule has 1 aliphatic heterocycles. The molecule has 10 nitrogen and oxygen atoms in total. The van der Waals surface area contributed by atoms with Crippen molar-refractivity contribution in [1.29, 1.82) is 0 Å². The molecule has 0 bridgehead atoms. The maximum Gasteiger partial charge on any atom is 0.210 e. The Morgan fingerprint density at radius 2 is 1.71 bits per heavy atom. The van der Waals surface area contributed by atoms with Gasteiger partial charge in [-0.2, -0.15) is 4.58 Å². The van der Waals surface area contributed by atoms with Crippen LogP contribution in [-0.4, -0.2) is 58.1 Å². The number of hydrogen-bond acceptors (Lipinski definition) is 9. The molecular weight excluding hydrogens is 470 g/mol. The smallest absolute Gasteiger partial charge is 0.210 e. The van der Waals surface area contributed by atoms with Crippen LogP contribution in [0.1, 0.15) is 32.8 Å². The summed E-state index contributed by atoms with van der Waals surface area (Å²) < 4.78 is 97.9. The first kappa shape index (κ1) is 23.9. The summed E-state index contributed by atoms with van der Waals surface area (Å²) in [5, 5.41) is 0.196. The average molecular weight is 490 g/mol. The van der Waals surface area contributed by atoms with Gasteiger partial charge in [-0.1, -0.05) is 0 Å². The zero-order valence-electron chi connectivity index (χ0n) is 16.8. The predicted octanol–water partition coefficient (Wildman–Crippen LogP) is 1.24. The molecule has 170 valence electrons. The van der Waals surface area contributed by atoms with Crippen LogP contribution in [0.3, 0.4) is 0 Å². The van der Waals surface area contributed by atoms with Gasteiger partial charge in [-0.25, -0.2) is 21.0 Å². The Labute approximate surface area is 182 Å². The molecule has 0 spiro atoms. The fourth-order valence-corrected chi connectivity index (χ4v) is 5.50. The van der Waals surface area contributed by atoms with Gasteiger partial charge in [-0.05, 0) is 37.4 Å². The molecule has 2 aromatic carbocycles. The number of nitrogens with zero attached hydrogens (tertiary/aromatic N) is 1. The molecule has 0 saturated heterocycles. The first-order valence-corrected chi connectivity index (χ1v) is 12.8. The first-order valence-electron chi connectivity index (χ1n) is 9.03. The van der Waals surface area contributed by atoms with Crippen LogP contribution in [0.4, 0.5) is 5.69 Å². The van der Waals surface area contributed by atoms with E-state index in [4.69, 9.17) is 0 Å². The normalized spacial score (nSPS) is 17.2. The van der Waals surface area contributed by atoms with Gasteiger partial charge >= 0.3 is 0 Å². The van der Waals surface area contributed by atoms with E-state index < -0.39 is 46.8 Å². The molecule has 3 rings (SSSR count). The SMILES string of the molecule is CC1=[N+](CCCOS(=O)[O-])c2ccc3c(S(=O)(=O)[O-])cc(S(=O)(=O)[O-])cc3c2C1(C)C. The second kappa shape index (κ2) is 7.99. The van der Waals surface area contributed by atoms with E-state index in [1.165, 1.54) is 6.07 Å². The molecule has 0 fully saturated rings. The summed E-state index contributed by atoms with van der Waals surface area (Å²) in [6.07, 6.45) is 0.355. The quantitative estimate of drug-likeness (QED) is 0.240. The molecule has 0 saturated carbocycles. The Morgan fingerprint density at radius 1 is 1.06 bits per heavy atom. The Kier molecular flexibility index (Phi) is 6.17. The number of rotatable bonds is 7. The standard InChI is InChI=1S/C18H21NO9S3/c1-11-18(2,3)17-14-9-12(30(22,23)24)10-16(31(25,26)27)13(14)5-6-15(17)19(11)7-4-8-28-29(20)21/h5-6,9-10H,4,7-8H2,1-3H3,(H2-,20,21,22,23,24,25,26,27)/p-2. The van der Waals surface area contributed by atoms with Crippen LogP contribution in [0.25, 0.3) is 10.8 Å². The molecule has 0 aliphatic carbocycles. The average Bonchev–Trinajstić information content (AvgIpc) is 2.82. The lowest BCUT2D eigenvalue weighted by atomic mass is 9.80. The van der Waals surface area contributed by atoms with Gasteiger partial charge in [-0.15, -0.1) is 0 Å². The summed E-state index contributed by atoms with van der Waals surface area (Å²) in [4.78, 5) is -1.58. The molecule has 1 unspecified atom stereocenters. The summed E-state index contributed by atoms with van der Waals surface area (Å²) in [5.41, 5.74) is 1.33. The van der Waals surface area contributed by atoms with E-state index in [2.05, 4.69) is 4.18 Å². The molecule has 0 amide bonds.